The summed E-state index contributed by atoms with van der Waals surface area (Å²) in [4.78, 5) is 22.8. The van der Waals surface area contributed by atoms with E-state index in [-0.39, 0.29) is 13.1 Å². The SMILES string of the molecule is O=C(c1c(F)ccc([N+](=O)[O-])c1F)N1CCCC(O)C1. The van der Waals surface area contributed by atoms with Gasteiger partial charge in [-0.05, 0) is 18.9 Å². The summed E-state index contributed by atoms with van der Waals surface area (Å²) in [7, 11) is 0. The van der Waals surface area contributed by atoms with Gasteiger partial charge in [-0.15, -0.1) is 0 Å². The highest BCUT2D eigenvalue weighted by atomic mass is 19.1. The predicted molar refractivity (Wildman–Crippen MR) is 64.2 cm³/mol. The second kappa shape index (κ2) is 5.49. The number of likely N-dealkylation sites (tertiary alicyclic amines) is 1. The van der Waals surface area contributed by atoms with Crippen LogP contribution in [-0.2, 0) is 0 Å². The second-order valence-electron chi connectivity index (χ2n) is 4.56. The van der Waals surface area contributed by atoms with Crippen molar-refractivity contribution in [2.75, 3.05) is 13.1 Å². The summed E-state index contributed by atoms with van der Waals surface area (Å²) in [6.45, 7) is 0.206. The van der Waals surface area contributed by atoms with Crippen molar-refractivity contribution < 1.29 is 23.6 Å². The van der Waals surface area contributed by atoms with E-state index in [0.29, 0.717) is 25.0 Å². The Bertz CT molecular complexity index is 565. The van der Waals surface area contributed by atoms with Gasteiger partial charge in [0.15, 0.2) is 0 Å². The van der Waals surface area contributed by atoms with E-state index in [0.717, 1.165) is 4.90 Å². The van der Waals surface area contributed by atoms with Crippen LogP contribution in [0.5, 0.6) is 0 Å². The van der Waals surface area contributed by atoms with Gasteiger partial charge in [0.1, 0.15) is 11.4 Å². The van der Waals surface area contributed by atoms with Gasteiger partial charge in [0.05, 0.1) is 11.0 Å². The quantitative estimate of drug-likeness (QED) is 0.659. The van der Waals surface area contributed by atoms with E-state index in [2.05, 4.69) is 0 Å². The first-order chi connectivity index (χ1) is 9.41. The van der Waals surface area contributed by atoms with Gasteiger partial charge in [-0.3, -0.25) is 14.9 Å². The molecular formula is C12H12F2N2O4. The van der Waals surface area contributed by atoms with Crippen molar-refractivity contribution in [2.45, 2.75) is 18.9 Å². The number of carbonyl (C=O) groups excluding carboxylic acids is 1. The van der Waals surface area contributed by atoms with E-state index in [4.69, 9.17) is 0 Å². The molecule has 1 N–H and O–H groups in total. The number of nitrogens with zero attached hydrogens (tertiary/aromatic N) is 2. The van der Waals surface area contributed by atoms with Gasteiger partial charge in [0.25, 0.3) is 5.91 Å². The molecule has 108 valence electrons. The lowest BCUT2D eigenvalue weighted by atomic mass is 10.1. The van der Waals surface area contributed by atoms with Gasteiger partial charge in [0, 0.05) is 19.2 Å². The molecule has 20 heavy (non-hydrogen) atoms. The highest BCUT2D eigenvalue weighted by Gasteiger charge is 2.31. The number of nitro groups is 1. The van der Waals surface area contributed by atoms with Crippen molar-refractivity contribution in [3.8, 4) is 0 Å². The molecule has 1 unspecified atom stereocenters. The molecule has 1 aliphatic heterocycles. The molecule has 1 fully saturated rings. The molecule has 8 heteroatoms. The number of amides is 1. The van der Waals surface area contributed by atoms with Crippen LogP contribution in [0.3, 0.4) is 0 Å². The number of rotatable bonds is 2. The van der Waals surface area contributed by atoms with Crippen molar-refractivity contribution >= 4 is 11.6 Å². The first-order valence-electron chi connectivity index (χ1n) is 6.01. The Kier molecular flexibility index (Phi) is 3.93. The Morgan fingerprint density at radius 1 is 1.45 bits per heavy atom. The van der Waals surface area contributed by atoms with Crippen LogP contribution >= 0.6 is 0 Å². The number of hydrogen-bond donors (Lipinski definition) is 1. The first kappa shape index (κ1) is 14.3. The minimum Gasteiger partial charge on any atom is -0.391 e. The van der Waals surface area contributed by atoms with Crippen LogP contribution in [0, 0.1) is 21.7 Å². The fourth-order valence-electron chi connectivity index (χ4n) is 2.18. The fraction of sp³-hybridized carbons (Fsp3) is 0.417. The maximum Gasteiger partial charge on any atom is 0.305 e. The molecule has 0 spiro atoms. The molecule has 0 saturated carbocycles. The molecule has 1 heterocycles. The summed E-state index contributed by atoms with van der Waals surface area (Å²) >= 11 is 0. The Hall–Kier alpha value is -2.09. The number of aliphatic hydroxyl groups is 1. The van der Waals surface area contributed by atoms with Crippen LogP contribution in [0.1, 0.15) is 23.2 Å². The van der Waals surface area contributed by atoms with Crippen molar-refractivity contribution in [2.24, 2.45) is 0 Å². The smallest absolute Gasteiger partial charge is 0.305 e. The molecule has 0 bridgehead atoms. The third-order valence-corrected chi connectivity index (χ3v) is 3.17. The first-order valence-corrected chi connectivity index (χ1v) is 6.01. The lowest BCUT2D eigenvalue weighted by Gasteiger charge is -2.30. The highest BCUT2D eigenvalue weighted by molar-refractivity contribution is 5.95. The minimum atomic E-state index is -1.49. The monoisotopic (exact) mass is 286 g/mol. The van der Waals surface area contributed by atoms with Gasteiger partial charge < -0.3 is 10.0 Å². The molecule has 1 atom stereocenters. The summed E-state index contributed by atoms with van der Waals surface area (Å²) in [6.07, 6.45) is 0.256. The molecule has 2 rings (SSSR count). The Balaban J connectivity index is 2.38. The third kappa shape index (κ3) is 2.60. The molecule has 1 saturated heterocycles. The van der Waals surface area contributed by atoms with Gasteiger partial charge in [0.2, 0.25) is 5.82 Å². The summed E-state index contributed by atoms with van der Waals surface area (Å²) in [6, 6.07) is 1.36. The number of carbonyl (C=O) groups is 1. The van der Waals surface area contributed by atoms with Gasteiger partial charge in [-0.1, -0.05) is 0 Å². The Morgan fingerprint density at radius 2 is 2.15 bits per heavy atom. The van der Waals surface area contributed by atoms with E-state index < -0.39 is 39.8 Å². The average molecular weight is 286 g/mol. The summed E-state index contributed by atoms with van der Waals surface area (Å²) in [5, 5.41) is 20.1. The van der Waals surface area contributed by atoms with Crippen molar-refractivity contribution in [1.82, 2.24) is 4.90 Å². The van der Waals surface area contributed by atoms with Gasteiger partial charge in [-0.2, -0.15) is 4.39 Å². The molecule has 0 aliphatic carbocycles. The van der Waals surface area contributed by atoms with E-state index in [1.54, 1.807) is 0 Å². The third-order valence-electron chi connectivity index (χ3n) is 3.17. The topological polar surface area (TPSA) is 83.7 Å². The zero-order chi connectivity index (χ0) is 14.9. The van der Waals surface area contributed by atoms with Crippen LogP contribution in [0.15, 0.2) is 12.1 Å². The molecule has 6 nitrogen and oxygen atoms in total. The molecule has 1 aromatic rings. The molecule has 0 aromatic heterocycles. The summed E-state index contributed by atoms with van der Waals surface area (Å²) in [5.74, 6) is -3.62. The van der Waals surface area contributed by atoms with Gasteiger partial charge >= 0.3 is 5.69 Å². The standard InChI is InChI=1S/C12H12F2N2O4/c13-8-3-4-9(16(19)20)11(14)10(8)12(18)15-5-1-2-7(17)6-15/h3-4,7,17H,1-2,5-6H2. The minimum absolute atomic E-state index is 0.0413. The molecule has 0 radical (unpaired) electrons. The van der Waals surface area contributed by atoms with Crippen molar-refractivity contribution in [1.29, 1.82) is 0 Å². The van der Waals surface area contributed by atoms with Crippen LogP contribution < -0.4 is 0 Å². The average Bonchev–Trinajstić information content (AvgIpc) is 2.38. The maximum atomic E-state index is 13.9. The molecule has 1 aromatic carbocycles. The van der Waals surface area contributed by atoms with Crippen molar-refractivity contribution in [3.63, 3.8) is 0 Å². The highest BCUT2D eigenvalue weighted by Crippen LogP contribution is 2.25. The zero-order valence-electron chi connectivity index (χ0n) is 10.4. The summed E-state index contributed by atoms with van der Waals surface area (Å²) in [5.41, 5.74) is -1.90. The maximum absolute atomic E-state index is 13.9. The van der Waals surface area contributed by atoms with E-state index in [1.807, 2.05) is 0 Å². The van der Waals surface area contributed by atoms with Crippen molar-refractivity contribution in [3.05, 3.63) is 39.4 Å². The Morgan fingerprint density at radius 3 is 2.75 bits per heavy atom. The molecule has 1 amide bonds. The number of β-amino-alcohol motifs (C(OH)–C–C–N with tert-alkyl or cyclic N) is 1. The van der Waals surface area contributed by atoms with Crippen LogP contribution in [0.2, 0.25) is 0 Å². The lowest BCUT2D eigenvalue weighted by Crippen LogP contribution is -2.42. The second-order valence-corrected chi connectivity index (χ2v) is 4.56. The van der Waals surface area contributed by atoms with Crippen LogP contribution in [-0.4, -0.2) is 40.0 Å². The number of nitro benzene ring substituents is 1. The zero-order valence-corrected chi connectivity index (χ0v) is 10.4. The van der Waals surface area contributed by atoms with E-state index in [9.17, 15) is 28.8 Å². The summed E-state index contributed by atoms with van der Waals surface area (Å²) < 4.78 is 27.5. The van der Waals surface area contributed by atoms with Crippen LogP contribution in [0.25, 0.3) is 0 Å². The largest absolute Gasteiger partial charge is 0.391 e. The van der Waals surface area contributed by atoms with Gasteiger partial charge in [-0.25, -0.2) is 4.39 Å². The normalized spacial score (nSPS) is 18.9. The number of benzene rings is 1. The lowest BCUT2D eigenvalue weighted by molar-refractivity contribution is -0.387. The number of piperidine rings is 1. The fourth-order valence-corrected chi connectivity index (χ4v) is 2.18. The van der Waals surface area contributed by atoms with E-state index in [1.165, 1.54) is 0 Å². The predicted octanol–water partition coefficient (Wildman–Crippen LogP) is 1.47. The molecule has 1 aliphatic rings. The van der Waals surface area contributed by atoms with Crippen LogP contribution in [0.4, 0.5) is 14.5 Å². The van der Waals surface area contributed by atoms with E-state index >= 15 is 0 Å². The number of aliphatic hydroxyl groups excluding tert-OH is 1. The number of hydrogen-bond acceptors (Lipinski definition) is 4. The Labute approximate surface area is 112 Å². The number of halogens is 2. The molecular weight excluding hydrogens is 274 g/mol.